The number of para-hydroxylation sites is 1. The van der Waals surface area contributed by atoms with E-state index in [1.54, 1.807) is 25.3 Å². The molecule has 0 bridgehead atoms. The lowest BCUT2D eigenvalue weighted by Crippen LogP contribution is -2.09. The topological polar surface area (TPSA) is 56.8 Å². The van der Waals surface area contributed by atoms with Crippen molar-refractivity contribution in [1.29, 1.82) is 0 Å². The second-order valence-electron chi connectivity index (χ2n) is 4.75. The summed E-state index contributed by atoms with van der Waals surface area (Å²) in [6.45, 7) is 0. The molecule has 2 aromatic rings. The molecule has 0 radical (unpaired) electrons. The van der Waals surface area contributed by atoms with E-state index in [4.69, 9.17) is 25.8 Å². The number of rotatable bonds is 6. The van der Waals surface area contributed by atoms with Gasteiger partial charge in [-0.2, -0.15) is 0 Å². The lowest BCUT2D eigenvalue weighted by molar-refractivity contribution is -0.111. The highest BCUT2D eigenvalue weighted by atomic mass is 35.5. The van der Waals surface area contributed by atoms with E-state index >= 15 is 0 Å². The summed E-state index contributed by atoms with van der Waals surface area (Å²) in [6, 6.07) is 10.6. The second-order valence-corrected chi connectivity index (χ2v) is 5.16. The van der Waals surface area contributed by atoms with Gasteiger partial charge in [-0.3, -0.25) is 4.79 Å². The maximum absolute atomic E-state index is 12.2. The van der Waals surface area contributed by atoms with E-state index in [1.165, 1.54) is 20.3 Å². The summed E-state index contributed by atoms with van der Waals surface area (Å²) in [5, 5.41) is 3.14. The van der Waals surface area contributed by atoms with Gasteiger partial charge >= 0.3 is 0 Å². The van der Waals surface area contributed by atoms with Crippen LogP contribution in [0.2, 0.25) is 5.02 Å². The molecule has 126 valence electrons. The number of benzene rings is 2. The van der Waals surface area contributed by atoms with Crippen LogP contribution in [0.4, 0.5) is 5.69 Å². The lowest BCUT2D eigenvalue weighted by Gasteiger charge is -2.12. The van der Waals surface area contributed by atoms with E-state index in [2.05, 4.69) is 5.32 Å². The van der Waals surface area contributed by atoms with Gasteiger partial charge in [-0.05, 0) is 12.1 Å². The molecule has 5 nitrogen and oxygen atoms in total. The van der Waals surface area contributed by atoms with Crippen LogP contribution in [0.1, 0.15) is 5.56 Å². The molecular weight excluding hydrogens is 330 g/mol. The zero-order valence-electron chi connectivity index (χ0n) is 13.6. The van der Waals surface area contributed by atoms with Gasteiger partial charge in [0, 0.05) is 23.8 Å². The van der Waals surface area contributed by atoms with Crippen molar-refractivity contribution in [3.8, 4) is 17.2 Å². The zero-order valence-corrected chi connectivity index (χ0v) is 14.4. The van der Waals surface area contributed by atoms with Crippen LogP contribution < -0.4 is 19.5 Å². The van der Waals surface area contributed by atoms with Crippen LogP contribution in [0.5, 0.6) is 17.2 Å². The predicted octanol–water partition coefficient (Wildman–Crippen LogP) is 4.02. The van der Waals surface area contributed by atoms with Gasteiger partial charge in [-0.15, -0.1) is 0 Å². The third kappa shape index (κ3) is 4.20. The molecule has 0 heterocycles. The van der Waals surface area contributed by atoms with Crippen molar-refractivity contribution in [3.05, 3.63) is 53.1 Å². The SMILES string of the molecule is COc1cc(NC(=O)C=Cc2ccccc2OC)c(OC)cc1Cl. The predicted molar refractivity (Wildman–Crippen MR) is 95.2 cm³/mol. The van der Waals surface area contributed by atoms with Crippen molar-refractivity contribution < 1.29 is 19.0 Å². The molecule has 0 aliphatic carbocycles. The summed E-state index contributed by atoms with van der Waals surface area (Å²) < 4.78 is 15.6. The molecule has 0 unspecified atom stereocenters. The maximum atomic E-state index is 12.2. The molecule has 1 amide bonds. The van der Waals surface area contributed by atoms with Gasteiger partial charge in [0.1, 0.15) is 17.2 Å². The Balaban J connectivity index is 2.19. The highest BCUT2D eigenvalue weighted by molar-refractivity contribution is 6.32. The van der Waals surface area contributed by atoms with Crippen LogP contribution in [-0.2, 0) is 4.79 Å². The summed E-state index contributed by atoms with van der Waals surface area (Å²) in [4.78, 5) is 12.2. The minimum Gasteiger partial charge on any atom is -0.496 e. The Morgan fingerprint density at radius 3 is 2.33 bits per heavy atom. The van der Waals surface area contributed by atoms with E-state index in [9.17, 15) is 4.79 Å². The van der Waals surface area contributed by atoms with E-state index in [0.717, 1.165) is 5.56 Å². The molecule has 0 aliphatic heterocycles. The fraction of sp³-hybridized carbons (Fsp3) is 0.167. The number of nitrogens with one attached hydrogen (secondary N) is 1. The van der Waals surface area contributed by atoms with Gasteiger partial charge in [-0.25, -0.2) is 0 Å². The third-order valence-corrected chi connectivity index (χ3v) is 3.58. The van der Waals surface area contributed by atoms with Crippen LogP contribution in [-0.4, -0.2) is 27.2 Å². The first kappa shape index (κ1) is 17.7. The molecule has 2 rings (SSSR count). The number of carbonyl (C=O) groups is 1. The summed E-state index contributed by atoms with van der Waals surface area (Å²) in [6.07, 6.45) is 3.09. The molecule has 0 atom stereocenters. The average Bonchev–Trinajstić information content (AvgIpc) is 2.61. The van der Waals surface area contributed by atoms with Gasteiger partial charge in [0.05, 0.1) is 32.0 Å². The number of amides is 1. The number of methoxy groups -OCH3 is 3. The van der Waals surface area contributed by atoms with Crippen LogP contribution in [0.15, 0.2) is 42.5 Å². The Morgan fingerprint density at radius 2 is 1.67 bits per heavy atom. The molecular formula is C18H18ClNO4. The van der Waals surface area contributed by atoms with Gasteiger partial charge in [0.2, 0.25) is 5.91 Å². The molecule has 1 N–H and O–H groups in total. The molecule has 6 heteroatoms. The number of hydrogen-bond donors (Lipinski definition) is 1. The van der Waals surface area contributed by atoms with Crippen molar-refractivity contribution in [2.24, 2.45) is 0 Å². The van der Waals surface area contributed by atoms with Gasteiger partial charge in [0.25, 0.3) is 0 Å². The Bertz CT molecular complexity index is 759. The van der Waals surface area contributed by atoms with Crippen molar-refractivity contribution in [3.63, 3.8) is 0 Å². The van der Waals surface area contributed by atoms with Crippen molar-refractivity contribution in [2.45, 2.75) is 0 Å². The van der Waals surface area contributed by atoms with E-state index < -0.39 is 0 Å². The van der Waals surface area contributed by atoms with Crippen LogP contribution >= 0.6 is 11.6 Å². The molecule has 0 fully saturated rings. The van der Waals surface area contributed by atoms with Crippen molar-refractivity contribution in [1.82, 2.24) is 0 Å². The molecule has 0 saturated carbocycles. The van der Waals surface area contributed by atoms with E-state index in [-0.39, 0.29) is 5.91 Å². The minimum absolute atomic E-state index is 0.316. The van der Waals surface area contributed by atoms with Crippen LogP contribution in [0.3, 0.4) is 0 Å². The molecule has 0 spiro atoms. The molecule has 0 saturated heterocycles. The summed E-state index contributed by atoms with van der Waals surface area (Å²) in [5.41, 5.74) is 1.27. The molecule has 2 aromatic carbocycles. The fourth-order valence-corrected chi connectivity index (χ4v) is 2.33. The quantitative estimate of drug-likeness (QED) is 0.802. The largest absolute Gasteiger partial charge is 0.496 e. The first-order chi connectivity index (χ1) is 11.6. The monoisotopic (exact) mass is 347 g/mol. The van der Waals surface area contributed by atoms with Gasteiger partial charge in [-0.1, -0.05) is 29.8 Å². The smallest absolute Gasteiger partial charge is 0.248 e. The van der Waals surface area contributed by atoms with E-state index in [1.807, 2.05) is 24.3 Å². The maximum Gasteiger partial charge on any atom is 0.248 e. The number of anilines is 1. The summed E-state index contributed by atoms with van der Waals surface area (Å²) in [7, 11) is 4.58. The lowest BCUT2D eigenvalue weighted by atomic mass is 10.2. The zero-order chi connectivity index (χ0) is 17.5. The number of ether oxygens (including phenoxy) is 3. The number of carbonyl (C=O) groups excluding carboxylic acids is 1. The Labute approximate surface area is 145 Å². The standard InChI is InChI=1S/C18H18ClNO4/c1-22-15-7-5-4-6-12(15)8-9-18(21)20-14-11-16(23-2)13(19)10-17(14)24-3/h4-11H,1-3H3,(H,20,21). The minimum atomic E-state index is -0.316. The second kappa shape index (κ2) is 8.26. The van der Waals surface area contributed by atoms with Crippen LogP contribution in [0.25, 0.3) is 6.08 Å². The molecule has 0 aromatic heterocycles. The Hall–Kier alpha value is -2.66. The van der Waals surface area contributed by atoms with Crippen molar-refractivity contribution in [2.75, 3.05) is 26.6 Å². The molecule has 24 heavy (non-hydrogen) atoms. The van der Waals surface area contributed by atoms with Gasteiger partial charge in [0.15, 0.2) is 0 Å². The highest BCUT2D eigenvalue weighted by Crippen LogP contribution is 2.35. The first-order valence-electron chi connectivity index (χ1n) is 7.12. The normalized spacial score (nSPS) is 10.5. The number of halogens is 1. The van der Waals surface area contributed by atoms with Crippen molar-refractivity contribution >= 4 is 29.3 Å². The number of hydrogen-bond acceptors (Lipinski definition) is 4. The summed E-state index contributed by atoms with van der Waals surface area (Å²) >= 11 is 6.05. The van der Waals surface area contributed by atoms with Gasteiger partial charge < -0.3 is 19.5 Å². The summed E-state index contributed by atoms with van der Waals surface area (Å²) in [5.74, 6) is 1.26. The molecule has 0 aliphatic rings. The fourth-order valence-electron chi connectivity index (χ4n) is 2.10. The third-order valence-electron chi connectivity index (χ3n) is 3.28. The first-order valence-corrected chi connectivity index (χ1v) is 7.50. The van der Waals surface area contributed by atoms with E-state index in [0.29, 0.717) is 28.0 Å². The Morgan fingerprint density at radius 1 is 1.00 bits per heavy atom. The highest BCUT2D eigenvalue weighted by Gasteiger charge is 2.11. The Kier molecular flexibility index (Phi) is 6.09. The average molecular weight is 348 g/mol. The van der Waals surface area contributed by atoms with Crippen LogP contribution in [0, 0.1) is 0 Å².